The van der Waals surface area contributed by atoms with Crippen LogP contribution in [0.4, 0.5) is 0 Å². The lowest BCUT2D eigenvalue weighted by molar-refractivity contribution is 0.0511. The number of benzene rings is 1. The SMILES string of the molecule is C[C@@H]1CCC[C@@H](C)N1C(=O)c1cccc(Cl)c1Cl. The molecule has 0 N–H and O–H groups in total. The molecule has 1 amide bonds. The maximum atomic E-state index is 12.6. The van der Waals surface area contributed by atoms with Crippen LogP contribution in [0.25, 0.3) is 0 Å². The van der Waals surface area contributed by atoms with Crippen LogP contribution in [0, 0.1) is 0 Å². The summed E-state index contributed by atoms with van der Waals surface area (Å²) in [6.45, 7) is 4.18. The summed E-state index contributed by atoms with van der Waals surface area (Å²) >= 11 is 12.1. The first-order chi connectivity index (χ1) is 8.52. The van der Waals surface area contributed by atoms with Gasteiger partial charge in [-0.3, -0.25) is 4.79 Å². The van der Waals surface area contributed by atoms with Gasteiger partial charge < -0.3 is 4.90 Å². The zero-order chi connectivity index (χ0) is 13.3. The lowest BCUT2D eigenvalue weighted by atomic mass is 9.96. The van der Waals surface area contributed by atoms with E-state index in [0.717, 1.165) is 12.8 Å². The second-order valence-electron chi connectivity index (χ2n) is 4.94. The molecule has 0 bridgehead atoms. The van der Waals surface area contributed by atoms with Crippen LogP contribution in [0.2, 0.25) is 10.0 Å². The number of piperidine rings is 1. The monoisotopic (exact) mass is 285 g/mol. The molecule has 0 unspecified atom stereocenters. The number of likely N-dealkylation sites (tertiary alicyclic amines) is 1. The summed E-state index contributed by atoms with van der Waals surface area (Å²) in [5.74, 6) is -0.0119. The predicted octanol–water partition coefficient (Wildman–Crippen LogP) is 4.40. The molecule has 0 spiro atoms. The van der Waals surface area contributed by atoms with E-state index in [1.54, 1.807) is 18.2 Å². The minimum Gasteiger partial charge on any atom is -0.333 e. The molecule has 2 rings (SSSR count). The number of carbonyl (C=O) groups is 1. The molecule has 18 heavy (non-hydrogen) atoms. The minimum atomic E-state index is -0.0119. The van der Waals surface area contributed by atoms with Gasteiger partial charge in [-0.25, -0.2) is 0 Å². The van der Waals surface area contributed by atoms with Gasteiger partial charge in [-0.05, 0) is 45.2 Å². The largest absolute Gasteiger partial charge is 0.333 e. The normalized spacial score (nSPS) is 24.1. The van der Waals surface area contributed by atoms with E-state index < -0.39 is 0 Å². The molecule has 0 saturated carbocycles. The Labute approximate surface area is 118 Å². The maximum absolute atomic E-state index is 12.6. The Bertz CT molecular complexity index is 451. The first-order valence-corrected chi connectivity index (χ1v) is 7.04. The van der Waals surface area contributed by atoms with Crippen LogP contribution in [0.1, 0.15) is 43.5 Å². The number of halogens is 2. The molecule has 1 fully saturated rings. The zero-order valence-electron chi connectivity index (χ0n) is 10.6. The van der Waals surface area contributed by atoms with E-state index in [1.807, 2.05) is 4.90 Å². The molecule has 1 heterocycles. The zero-order valence-corrected chi connectivity index (χ0v) is 12.1. The van der Waals surface area contributed by atoms with Crippen LogP contribution in [-0.4, -0.2) is 22.9 Å². The molecule has 0 radical (unpaired) electrons. The van der Waals surface area contributed by atoms with Crippen molar-refractivity contribution in [2.24, 2.45) is 0 Å². The third kappa shape index (κ3) is 2.50. The van der Waals surface area contributed by atoms with Crippen molar-refractivity contribution < 1.29 is 4.79 Å². The van der Waals surface area contributed by atoms with Crippen molar-refractivity contribution in [2.45, 2.75) is 45.2 Å². The summed E-state index contributed by atoms with van der Waals surface area (Å²) in [6.07, 6.45) is 3.28. The lowest BCUT2D eigenvalue weighted by Gasteiger charge is -2.39. The minimum absolute atomic E-state index is 0.0119. The second-order valence-corrected chi connectivity index (χ2v) is 5.73. The van der Waals surface area contributed by atoms with Crippen molar-refractivity contribution in [1.29, 1.82) is 0 Å². The van der Waals surface area contributed by atoms with E-state index in [4.69, 9.17) is 23.2 Å². The van der Waals surface area contributed by atoms with Crippen molar-refractivity contribution in [3.8, 4) is 0 Å². The van der Waals surface area contributed by atoms with E-state index in [2.05, 4.69) is 13.8 Å². The maximum Gasteiger partial charge on any atom is 0.255 e. The summed E-state index contributed by atoms with van der Waals surface area (Å²) in [5.41, 5.74) is 0.504. The predicted molar refractivity (Wildman–Crippen MR) is 75.4 cm³/mol. The summed E-state index contributed by atoms with van der Waals surface area (Å²) in [5, 5.41) is 0.786. The Morgan fingerprint density at radius 2 is 1.83 bits per heavy atom. The topological polar surface area (TPSA) is 20.3 Å². The average Bonchev–Trinajstić information content (AvgIpc) is 2.32. The Hall–Kier alpha value is -0.730. The van der Waals surface area contributed by atoms with Gasteiger partial charge in [0, 0.05) is 12.1 Å². The fourth-order valence-electron chi connectivity index (χ4n) is 2.63. The molecular formula is C14H17Cl2NO. The standard InChI is InChI=1S/C14H17Cl2NO/c1-9-5-3-6-10(2)17(9)14(18)11-7-4-8-12(15)13(11)16/h4,7-10H,3,5-6H2,1-2H3/t9-,10-/m1/s1. The molecule has 0 aliphatic carbocycles. The van der Waals surface area contributed by atoms with Crippen LogP contribution < -0.4 is 0 Å². The molecule has 1 aliphatic rings. The van der Waals surface area contributed by atoms with Crippen molar-refractivity contribution in [1.82, 2.24) is 4.90 Å². The third-order valence-electron chi connectivity index (χ3n) is 3.61. The highest BCUT2D eigenvalue weighted by Crippen LogP contribution is 2.30. The first-order valence-electron chi connectivity index (χ1n) is 6.29. The number of carbonyl (C=O) groups excluding carboxylic acids is 1. The van der Waals surface area contributed by atoms with Crippen molar-refractivity contribution in [3.05, 3.63) is 33.8 Å². The smallest absolute Gasteiger partial charge is 0.255 e. The van der Waals surface area contributed by atoms with E-state index in [0.29, 0.717) is 15.6 Å². The first kappa shape index (κ1) is 13.7. The third-order valence-corrected chi connectivity index (χ3v) is 4.43. The molecule has 98 valence electrons. The van der Waals surface area contributed by atoms with Gasteiger partial charge in [-0.1, -0.05) is 29.3 Å². The van der Waals surface area contributed by atoms with Gasteiger partial charge in [0.15, 0.2) is 0 Å². The van der Waals surface area contributed by atoms with Crippen LogP contribution in [0.5, 0.6) is 0 Å². The fourth-order valence-corrected chi connectivity index (χ4v) is 3.01. The van der Waals surface area contributed by atoms with Gasteiger partial charge in [0.2, 0.25) is 0 Å². The Balaban J connectivity index is 2.32. The van der Waals surface area contributed by atoms with Gasteiger partial charge in [0.05, 0.1) is 15.6 Å². The molecule has 2 atom stereocenters. The number of hydrogen-bond donors (Lipinski definition) is 0. The van der Waals surface area contributed by atoms with Crippen molar-refractivity contribution in [3.63, 3.8) is 0 Å². The number of nitrogens with zero attached hydrogens (tertiary/aromatic N) is 1. The highest BCUT2D eigenvalue weighted by atomic mass is 35.5. The van der Waals surface area contributed by atoms with Crippen LogP contribution >= 0.6 is 23.2 Å². The molecule has 2 nitrogen and oxygen atoms in total. The van der Waals surface area contributed by atoms with Gasteiger partial charge in [-0.2, -0.15) is 0 Å². The average molecular weight is 286 g/mol. The van der Waals surface area contributed by atoms with Crippen LogP contribution in [0.15, 0.2) is 18.2 Å². The van der Waals surface area contributed by atoms with Gasteiger partial charge in [0.25, 0.3) is 5.91 Å². The second kappa shape index (κ2) is 5.50. The highest BCUT2D eigenvalue weighted by Gasteiger charge is 2.30. The van der Waals surface area contributed by atoms with Crippen LogP contribution in [0.3, 0.4) is 0 Å². The lowest BCUT2D eigenvalue weighted by Crippen LogP contribution is -2.47. The van der Waals surface area contributed by atoms with Gasteiger partial charge >= 0.3 is 0 Å². The van der Waals surface area contributed by atoms with E-state index in [9.17, 15) is 4.79 Å². The molecule has 1 aromatic rings. The molecular weight excluding hydrogens is 269 g/mol. The molecule has 1 saturated heterocycles. The van der Waals surface area contributed by atoms with Gasteiger partial charge in [0.1, 0.15) is 0 Å². The van der Waals surface area contributed by atoms with Gasteiger partial charge in [-0.15, -0.1) is 0 Å². The number of hydrogen-bond acceptors (Lipinski definition) is 1. The fraction of sp³-hybridized carbons (Fsp3) is 0.500. The van der Waals surface area contributed by atoms with E-state index in [1.165, 1.54) is 6.42 Å². The quantitative estimate of drug-likeness (QED) is 0.749. The van der Waals surface area contributed by atoms with Crippen LogP contribution in [-0.2, 0) is 0 Å². The number of amides is 1. The summed E-state index contributed by atoms with van der Waals surface area (Å²) < 4.78 is 0. The molecule has 1 aromatic carbocycles. The summed E-state index contributed by atoms with van der Waals surface area (Å²) in [7, 11) is 0. The summed E-state index contributed by atoms with van der Waals surface area (Å²) in [6, 6.07) is 5.72. The molecule has 0 aromatic heterocycles. The van der Waals surface area contributed by atoms with E-state index in [-0.39, 0.29) is 18.0 Å². The molecule has 4 heteroatoms. The van der Waals surface area contributed by atoms with Crippen molar-refractivity contribution in [2.75, 3.05) is 0 Å². The Morgan fingerprint density at radius 3 is 2.44 bits per heavy atom. The Morgan fingerprint density at radius 1 is 1.22 bits per heavy atom. The summed E-state index contributed by atoms with van der Waals surface area (Å²) in [4.78, 5) is 14.5. The molecule has 1 aliphatic heterocycles. The Kier molecular flexibility index (Phi) is 4.18. The van der Waals surface area contributed by atoms with E-state index >= 15 is 0 Å². The highest BCUT2D eigenvalue weighted by molar-refractivity contribution is 6.43. The van der Waals surface area contributed by atoms with Crippen molar-refractivity contribution >= 4 is 29.1 Å². The number of rotatable bonds is 1.